The van der Waals surface area contributed by atoms with Crippen molar-refractivity contribution < 1.29 is 0 Å². The third-order valence-electron chi connectivity index (χ3n) is 2.43. The van der Waals surface area contributed by atoms with Crippen molar-refractivity contribution in [2.75, 3.05) is 5.75 Å². The topological polar surface area (TPSA) is 0 Å². The standard InChI is InChI=1S/C14H20S/c1-4-14(15-5-2)11-10-13-8-6-12(3)7-9-13/h4,6-9H,5,10-11H2,1-3H3/b14-4-. The van der Waals surface area contributed by atoms with Crippen LogP contribution < -0.4 is 0 Å². The summed E-state index contributed by atoms with van der Waals surface area (Å²) in [4.78, 5) is 1.51. The van der Waals surface area contributed by atoms with E-state index in [2.05, 4.69) is 51.1 Å². The Labute approximate surface area is 97.8 Å². The second-order valence-electron chi connectivity index (χ2n) is 3.67. The van der Waals surface area contributed by atoms with E-state index in [1.54, 1.807) is 0 Å². The van der Waals surface area contributed by atoms with E-state index in [1.165, 1.54) is 28.2 Å². The summed E-state index contributed by atoms with van der Waals surface area (Å²) in [7, 11) is 0. The summed E-state index contributed by atoms with van der Waals surface area (Å²) in [5.41, 5.74) is 2.78. The van der Waals surface area contributed by atoms with Crippen LogP contribution in [0.2, 0.25) is 0 Å². The molecule has 1 heteroatoms. The molecule has 0 amide bonds. The highest BCUT2D eigenvalue weighted by molar-refractivity contribution is 8.03. The highest BCUT2D eigenvalue weighted by atomic mass is 32.2. The van der Waals surface area contributed by atoms with Gasteiger partial charge in [-0.05, 0) is 42.9 Å². The summed E-state index contributed by atoms with van der Waals surface area (Å²) >= 11 is 1.96. The number of allylic oxidation sites excluding steroid dienone is 2. The second kappa shape index (κ2) is 6.73. The second-order valence-corrected chi connectivity index (χ2v) is 5.06. The molecule has 15 heavy (non-hydrogen) atoms. The Morgan fingerprint density at radius 1 is 1.27 bits per heavy atom. The van der Waals surface area contributed by atoms with Gasteiger partial charge in [0.15, 0.2) is 0 Å². The van der Waals surface area contributed by atoms with Gasteiger partial charge >= 0.3 is 0 Å². The Balaban J connectivity index is 2.46. The molecule has 0 saturated carbocycles. The first-order valence-corrected chi connectivity index (χ1v) is 6.58. The molecular weight excluding hydrogens is 200 g/mol. The fourth-order valence-corrected chi connectivity index (χ4v) is 2.29. The summed E-state index contributed by atoms with van der Waals surface area (Å²) in [6, 6.07) is 8.85. The molecule has 0 aromatic heterocycles. The number of benzene rings is 1. The molecule has 0 N–H and O–H groups in total. The summed E-state index contributed by atoms with van der Waals surface area (Å²) in [6.45, 7) is 6.47. The van der Waals surface area contributed by atoms with E-state index >= 15 is 0 Å². The Morgan fingerprint density at radius 2 is 1.93 bits per heavy atom. The molecular formula is C14H20S. The zero-order valence-corrected chi connectivity index (χ0v) is 10.7. The zero-order chi connectivity index (χ0) is 11.1. The Morgan fingerprint density at radius 3 is 2.47 bits per heavy atom. The van der Waals surface area contributed by atoms with Gasteiger partial charge in [0.1, 0.15) is 0 Å². The Kier molecular flexibility index (Phi) is 5.56. The maximum Gasteiger partial charge on any atom is -0.00518 e. The molecule has 0 unspecified atom stereocenters. The van der Waals surface area contributed by atoms with Crippen LogP contribution in [0.3, 0.4) is 0 Å². The molecule has 0 spiro atoms. The van der Waals surface area contributed by atoms with Gasteiger partial charge in [-0.15, -0.1) is 11.8 Å². The number of thioether (sulfide) groups is 1. The first-order valence-electron chi connectivity index (χ1n) is 5.59. The minimum Gasteiger partial charge on any atom is -0.131 e. The Hall–Kier alpha value is -0.690. The first kappa shape index (κ1) is 12.4. The minimum atomic E-state index is 1.16. The van der Waals surface area contributed by atoms with Gasteiger partial charge in [0.05, 0.1) is 0 Å². The number of aryl methyl sites for hydroxylation is 2. The van der Waals surface area contributed by atoms with E-state index in [9.17, 15) is 0 Å². The highest BCUT2D eigenvalue weighted by Gasteiger charge is 1.97. The van der Waals surface area contributed by atoms with Crippen LogP contribution in [0.25, 0.3) is 0 Å². The van der Waals surface area contributed by atoms with Crippen molar-refractivity contribution in [3.8, 4) is 0 Å². The number of hydrogen-bond acceptors (Lipinski definition) is 1. The van der Waals surface area contributed by atoms with E-state index in [-0.39, 0.29) is 0 Å². The molecule has 1 aromatic rings. The van der Waals surface area contributed by atoms with E-state index in [1.807, 2.05) is 11.8 Å². The lowest BCUT2D eigenvalue weighted by molar-refractivity contribution is 0.985. The van der Waals surface area contributed by atoms with Gasteiger partial charge in [0.2, 0.25) is 0 Å². The van der Waals surface area contributed by atoms with Crippen molar-refractivity contribution in [3.63, 3.8) is 0 Å². The lowest BCUT2D eigenvalue weighted by Gasteiger charge is -2.05. The average Bonchev–Trinajstić information content (AvgIpc) is 2.26. The van der Waals surface area contributed by atoms with Crippen LogP contribution in [0.5, 0.6) is 0 Å². The van der Waals surface area contributed by atoms with Crippen LogP contribution in [0.1, 0.15) is 31.4 Å². The molecule has 0 aliphatic heterocycles. The average molecular weight is 220 g/mol. The smallest absolute Gasteiger partial charge is 0.00518 e. The van der Waals surface area contributed by atoms with Crippen LogP contribution in [0.4, 0.5) is 0 Å². The predicted octanol–water partition coefficient (Wildman–Crippen LogP) is 4.58. The molecule has 0 saturated heterocycles. The molecule has 82 valence electrons. The molecule has 0 bridgehead atoms. The van der Waals surface area contributed by atoms with Gasteiger partial charge in [-0.3, -0.25) is 0 Å². The maximum atomic E-state index is 2.24. The quantitative estimate of drug-likeness (QED) is 0.699. The molecule has 0 radical (unpaired) electrons. The van der Waals surface area contributed by atoms with Crippen molar-refractivity contribution in [3.05, 3.63) is 46.4 Å². The zero-order valence-electron chi connectivity index (χ0n) is 9.92. The lowest BCUT2D eigenvalue weighted by atomic mass is 10.1. The molecule has 1 rings (SSSR count). The molecule has 0 fully saturated rings. The van der Waals surface area contributed by atoms with Crippen LogP contribution in [0, 0.1) is 6.92 Å². The fraction of sp³-hybridized carbons (Fsp3) is 0.429. The maximum absolute atomic E-state index is 2.24. The largest absolute Gasteiger partial charge is 0.131 e. The van der Waals surface area contributed by atoms with Crippen LogP contribution in [-0.2, 0) is 6.42 Å². The third kappa shape index (κ3) is 4.57. The summed E-state index contributed by atoms with van der Waals surface area (Å²) in [5, 5.41) is 0. The van der Waals surface area contributed by atoms with E-state index in [4.69, 9.17) is 0 Å². The molecule has 0 nitrogen and oxygen atoms in total. The van der Waals surface area contributed by atoms with Crippen LogP contribution in [-0.4, -0.2) is 5.75 Å². The number of rotatable bonds is 5. The van der Waals surface area contributed by atoms with Crippen molar-refractivity contribution in [1.82, 2.24) is 0 Å². The van der Waals surface area contributed by atoms with Gasteiger partial charge in [0.25, 0.3) is 0 Å². The van der Waals surface area contributed by atoms with Gasteiger partial charge in [0, 0.05) is 0 Å². The first-order chi connectivity index (χ1) is 7.26. The number of hydrogen-bond donors (Lipinski definition) is 0. The molecule has 0 aliphatic carbocycles. The van der Waals surface area contributed by atoms with E-state index < -0.39 is 0 Å². The molecule has 0 heterocycles. The monoisotopic (exact) mass is 220 g/mol. The SMILES string of the molecule is C/C=C(/CCc1ccc(C)cc1)SCC. The molecule has 1 aromatic carbocycles. The summed E-state index contributed by atoms with van der Waals surface area (Å²) in [5.74, 6) is 1.17. The van der Waals surface area contributed by atoms with E-state index in [0.717, 1.165) is 6.42 Å². The van der Waals surface area contributed by atoms with Crippen molar-refractivity contribution in [2.45, 2.75) is 33.6 Å². The highest BCUT2D eigenvalue weighted by Crippen LogP contribution is 2.21. The van der Waals surface area contributed by atoms with Crippen molar-refractivity contribution in [1.29, 1.82) is 0 Å². The lowest BCUT2D eigenvalue weighted by Crippen LogP contribution is -1.87. The third-order valence-corrected chi connectivity index (χ3v) is 3.53. The summed E-state index contributed by atoms with van der Waals surface area (Å²) in [6.07, 6.45) is 4.58. The fourth-order valence-electron chi connectivity index (χ4n) is 1.51. The molecule has 0 aliphatic rings. The predicted molar refractivity (Wildman–Crippen MR) is 71.4 cm³/mol. The Bertz CT molecular complexity index is 309. The molecule has 0 atom stereocenters. The van der Waals surface area contributed by atoms with Crippen LogP contribution >= 0.6 is 11.8 Å². The van der Waals surface area contributed by atoms with Gasteiger partial charge in [-0.25, -0.2) is 0 Å². The minimum absolute atomic E-state index is 1.16. The van der Waals surface area contributed by atoms with Gasteiger partial charge in [-0.1, -0.05) is 42.8 Å². The normalized spacial score (nSPS) is 11.8. The van der Waals surface area contributed by atoms with Crippen molar-refractivity contribution >= 4 is 11.8 Å². The van der Waals surface area contributed by atoms with E-state index in [0.29, 0.717) is 0 Å². The summed E-state index contributed by atoms with van der Waals surface area (Å²) < 4.78 is 0. The van der Waals surface area contributed by atoms with Crippen LogP contribution in [0.15, 0.2) is 35.2 Å². The van der Waals surface area contributed by atoms with Crippen molar-refractivity contribution in [2.24, 2.45) is 0 Å². The van der Waals surface area contributed by atoms with Gasteiger partial charge in [-0.2, -0.15) is 0 Å². The van der Waals surface area contributed by atoms with Gasteiger partial charge < -0.3 is 0 Å².